The van der Waals surface area contributed by atoms with E-state index in [2.05, 4.69) is 16.0 Å². The molecule has 0 amide bonds. The standard InChI is InChI=1S/C18H20N4O4/c1-26-9-8-22-17(24)13(16(23)21-18(22)25)15-14-11(6-7-19-15)10-4-2-3-5-12(10)20-14/h2-5,15,19-20,24H,6-9H2,1H3,(H,21,23,25)/p+1/t15-/m1/s1. The fraction of sp³-hybridized carbons (Fsp3) is 0.333. The lowest BCUT2D eigenvalue weighted by Crippen LogP contribution is -2.87. The first-order valence-electron chi connectivity index (χ1n) is 8.59. The summed E-state index contributed by atoms with van der Waals surface area (Å²) in [4.78, 5) is 30.3. The van der Waals surface area contributed by atoms with Gasteiger partial charge in [-0.05, 0) is 11.6 Å². The summed E-state index contributed by atoms with van der Waals surface area (Å²) in [7, 11) is 1.51. The van der Waals surface area contributed by atoms with Gasteiger partial charge in [0.2, 0.25) is 5.88 Å². The molecule has 0 saturated heterocycles. The number of hydrogen-bond donors (Lipinski definition) is 4. The smallest absolute Gasteiger partial charge is 0.331 e. The zero-order valence-corrected chi connectivity index (χ0v) is 14.4. The summed E-state index contributed by atoms with van der Waals surface area (Å²) >= 11 is 0. The molecule has 0 aliphatic carbocycles. The highest BCUT2D eigenvalue weighted by Crippen LogP contribution is 2.31. The number of benzene rings is 1. The van der Waals surface area contributed by atoms with Crippen LogP contribution in [0.3, 0.4) is 0 Å². The van der Waals surface area contributed by atoms with Crippen LogP contribution in [0, 0.1) is 0 Å². The summed E-state index contributed by atoms with van der Waals surface area (Å²) in [5.74, 6) is -0.302. The molecule has 8 nitrogen and oxygen atoms in total. The molecule has 3 aromatic rings. The number of aromatic hydroxyl groups is 1. The highest BCUT2D eigenvalue weighted by atomic mass is 16.5. The number of H-pyrrole nitrogens is 2. The third-order valence-electron chi connectivity index (χ3n) is 4.99. The molecule has 0 fully saturated rings. The highest BCUT2D eigenvalue weighted by molar-refractivity contribution is 5.85. The molecule has 2 aromatic heterocycles. The molecule has 0 unspecified atom stereocenters. The van der Waals surface area contributed by atoms with Crippen LogP contribution in [-0.4, -0.2) is 39.9 Å². The van der Waals surface area contributed by atoms with E-state index in [4.69, 9.17) is 4.74 Å². The second-order valence-electron chi connectivity index (χ2n) is 6.46. The van der Waals surface area contributed by atoms with Crippen LogP contribution in [0.25, 0.3) is 10.9 Å². The average Bonchev–Trinajstić information content (AvgIpc) is 3.01. The Hall–Kier alpha value is -2.84. The number of nitrogens with two attached hydrogens (primary N) is 1. The van der Waals surface area contributed by atoms with Crippen LogP contribution >= 0.6 is 0 Å². The number of aromatic amines is 2. The Morgan fingerprint density at radius 1 is 1.31 bits per heavy atom. The molecular weight excluding hydrogens is 336 g/mol. The van der Waals surface area contributed by atoms with Gasteiger partial charge < -0.3 is 20.1 Å². The molecule has 1 aliphatic heterocycles. The SMILES string of the molecule is COCCn1c(O)c([C@H]2[NH2+]CCc3c2[nH]c2ccccc32)c(=O)[nH]c1=O. The Balaban J connectivity index is 1.90. The van der Waals surface area contributed by atoms with E-state index in [1.807, 2.05) is 23.5 Å². The number of hydrogen-bond acceptors (Lipinski definition) is 4. The monoisotopic (exact) mass is 357 g/mol. The van der Waals surface area contributed by atoms with Gasteiger partial charge in [0.05, 0.1) is 25.4 Å². The van der Waals surface area contributed by atoms with Crippen molar-refractivity contribution in [1.82, 2.24) is 14.5 Å². The van der Waals surface area contributed by atoms with Gasteiger partial charge >= 0.3 is 5.69 Å². The van der Waals surface area contributed by atoms with Crippen LogP contribution in [0.5, 0.6) is 5.88 Å². The third kappa shape index (κ3) is 2.54. The molecule has 3 heterocycles. The van der Waals surface area contributed by atoms with E-state index in [1.54, 1.807) is 0 Å². The van der Waals surface area contributed by atoms with Crippen LogP contribution < -0.4 is 16.6 Å². The van der Waals surface area contributed by atoms with Crippen molar-refractivity contribution < 1.29 is 15.2 Å². The first-order valence-corrected chi connectivity index (χ1v) is 8.59. The van der Waals surface area contributed by atoms with Crippen LogP contribution in [0.4, 0.5) is 0 Å². The fourth-order valence-electron chi connectivity index (χ4n) is 3.78. The van der Waals surface area contributed by atoms with E-state index in [1.165, 1.54) is 7.11 Å². The average molecular weight is 357 g/mol. The van der Waals surface area contributed by atoms with Crippen LogP contribution in [0.15, 0.2) is 33.9 Å². The Bertz CT molecular complexity index is 1080. The number of methoxy groups -OCH3 is 1. The minimum atomic E-state index is -0.638. The molecule has 1 aromatic carbocycles. The summed E-state index contributed by atoms with van der Waals surface area (Å²) in [5, 5.41) is 13.8. The van der Waals surface area contributed by atoms with Crippen molar-refractivity contribution >= 4 is 10.9 Å². The lowest BCUT2D eigenvalue weighted by Gasteiger charge is -2.22. The zero-order valence-electron chi connectivity index (χ0n) is 14.4. The maximum absolute atomic E-state index is 12.5. The van der Waals surface area contributed by atoms with E-state index >= 15 is 0 Å². The highest BCUT2D eigenvalue weighted by Gasteiger charge is 2.34. The number of para-hydroxylation sites is 1. The molecule has 1 atom stereocenters. The van der Waals surface area contributed by atoms with Crippen molar-refractivity contribution in [2.45, 2.75) is 19.0 Å². The normalized spacial score (nSPS) is 16.7. The molecule has 0 radical (unpaired) electrons. The maximum Gasteiger partial charge on any atom is 0.331 e. The van der Waals surface area contributed by atoms with Crippen LogP contribution in [0.2, 0.25) is 0 Å². The molecule has 8 heteroatoms. The fourth-order valence-corrected chi connectivity index (χ4v) is 3.78. The molecule has 5 N–H and O–H groups in total. The van der Waals surface area contributed by atoms with Crippen molar-refractivity contribution in [2.24, 2.45) is 0 Å². The Kier molecular flexibility index (Phi) is 4.14. The number of nitrogens with zero attached hydrogens (tertiary/aromatic N) is 1. The number of nitrogens with one attached hydrogen (secondary N) is 2. The molecule has 0 spiro atoms. The van der Waals surface area contributed by atoms with Crippen molar-refractivity contribution in [3.8, 4) is 5.88 Å². The summed E-state index contributed by atoms with van der Waals surface area (Å²) in [6.07, 6.45) is 0.873. The first kappa shape index (κ1) is 16.6. The van der Waals surface area contributed by atoms with Gasteiger partial charge in [0.15, 0.2) is 6.04 Å². The predicted molar refractivity (Wildman–Crippen MR) is 95.5 cm³/mol. The quantitative estimate of drug-likeness (QED) is 0.507. The van der Waals surface area contributed by atoms with Gasteiger partial charge in [0, 0.05) is 24.4 Å². The number of ether oxygens (including phenoxy) is 1. The molecule has 1 aliphatic rings. The molecular formula is C18H21N4O4+. The van der Waals surface area contributed by atoms with E-state index in [0.717, 1.165) is 39.7 Å². The Labute approximate surface area is 148 Å². The van der Waals surface area contributed by atoms with Crippen LogP contribution in [0.1, 0.15) is 22.9 Å². The number of fused-ring (bicyclic) bond motifs is 3. The van der Waals surface area contributed by atoms with E-state index in [9.17, 15) is 14.7 Å². The van der Waals surface area contributed by atoms with Gasteiger partial charge in [-0.3, -0.25) is 14.3 Å². The number of quaternary nitrogens is 1. The van der Waals surface area contributed by atoms with Crippen molar-refractivity contribution in [1.29, 1.82) is 0 Å². The minimum Gasteiger partial charge on any atom is -0.494 e. The van der Waals surface area contributed by atoms with E-state index < -0.39 is 17.3 Å². The van der Waals surface area contributed by atoms with Gasteiger partial charge in [-0.25, -0.2) is 4.79 Å². The van der Waals surface area contributed by atoms with Gasteiger partial charge in [-0.15, -0.1) is 0 Å². The summed E-state index contributed by atoms with van der Waals surface area (Å²) in [6, 6.07) is 7.59. The second kappa shape index (κ2) is 6.47. The number of aromatic nitrogens is 3. The summed E-state index contributed by atoms with van der Waals surface area (Å²) in [5.41, 5.74) is 2.04. The third-order valence-corrected chi connectivity index (χ3v) is 4.99. The maximum atomic E-state index is 12.5. The van der Waals surface area contributed by atoms with Crippen molar-refractivity contribution in [3.63, 3.8) is 0 Å². The van der Waals surface area contributed by atoms with Crippen molar-refractivity contribution in [2.75, 3.05) is 20.3 Å². The minimum absolute atomic E-state index is 0.164. The summed E-state index contributed by atoms with van der Waals surface area (Å²) in [6.45, 7) is 1.21. The van der Waals surface area contributed by atoms with Gasteiger partial charge in [-0.2, -0.15) is 0 Å². The first-order chi connectivity index (χ1) is 12.6. The number of rotatable bonds is 4. The molecule has 0 saturated carbocycles. The van der Waals surface area contributed by atoms with Crippen LogP contribution in [-0.2, 0) is 17.7 Å². The molecule has 26 heavy (non-hydrogen) atoms. The second-order valence-corrected chi connectivity index (χ2v) is 6.46. The largest absolute Gasteiger partial charge is 0.494 e. The van der Waals surface area contributed by atoms with E-state index in [0.29, 0.717) is 0 Å². The predicted octanol–water partition coefficient (Wildman–Crippen LogP) is -0.421. The lowest BCUT2D eigenvalue weighted by atomic mass is 9.95. The lowest BCUT2D eigenvalue weighted by molar-refractivity contribution is -0.690. The summed E-state index contributed by atoms with van der Waals surface area (Å²) < 4.78 is 6.13. The Morgan fingerprint density at radius 2 is 2.12 bits per heavy atom. The van der Waals surface area contributed by atoms with Crippen molar-refractivity contribution in [3.05, 3.63) is 61.9 Å². The van der Waals surface area contributed by atoms with Gasteiger partial charge in [0.1, 0.15) is 5.56 Å². The molecule has 0 bridgehead atoms. The Morgan fingerprint density at radius 3 is 2.92 bits per heavy atom. The van der Waals surface area contributed by atoms with Gasteiger partial charge in [-0.1, -0.05) is 18.2 Å². The molecule has 136 valence electrons. The van der Waals surface area contributed by atoms with E-state index in [-0.39, 0.29) is 24.6 Å². The van der Waals surface area contributed by atoms with Gasteiger partial charge in [0.25, 0.3) is 5.56 Å². The molecule has 4 rings (SSSR count). The zero-order chi connectivity index (χ0) is 18.3. The topological polar surface area (TPSA) is 117 Å².